The fourth-order valence-electron chi connectivity index (χ4n) is 2.11. The number of carbonyl (C=O) groups is 1. The van der Waals surface area contributed by atoms with Gasteiger partial charge in [-0.2, -0.15) is 0 Å². The molecule has 1 aromatic rings. The molecule has 1 aromatic carbocycles. The molecule has 0 aliphatic heterocycles. The highest BCUT2D eigenvalue weighted by Gasteiger charge is 2.16. The number of rotatable bonds is 7. The lowest BCUT2D eigenvalue weighted by molar-refractivity contribution is 0.0962. The summed E-state index contributed by atoms with van der Waals surface area (Å²) in [7, 11) is 3.05. The Morgan fingerprint density at radius 2 is 2.00 bits per heavy atom. The fraction of sp³-hybridized carbons (Fsp3) is 0.533. The van der Waals surface area contributed by atoms with Crippen LogP contribution in [0.4, 0.5) is 0 Å². The van der Waals surface area contributed by atoms with Crippen molar-refractivity contribution in [2.45, 2.75) is 33.1 Å². The number of halogens is 1. The van der Waals surface area contributed by atoms with Crippen LogP contribution in [-0.2, 0) is 0 Å². The SMILES string of the molecule is CCCC(C)CC(=O)c1cc(Cl)c(OC)c(OC)c1. The van der Waals surface area contributed by atoms with E-state index in [1.807, 2.05) is 0 Å². The van der Waals surface area contributed by atoms with Crippen molar-refractivity contribution < 1.29 is 14.3 Å². The largest absolute Gasteiger partial charge is 0.493 e. The topological polar surface area (TPSA) is 35.5 Å². The molecule has 0 aliphatic carbocycles. The van der Waals surface area contributed by atoms with E-state index in [0.29, 0.717) is 34.4 Å². The third kappa shape index (κ3) is 4.13. The van der Waals surface area contributed by atoms with Crippen molar-refractivity contribution in [3.8, 4) is 11.5 Å². The molecule has 106 valence electrons. The molecular formula is C15H21ClO3. The molecule has 0 spiro atoms. The number of ketones is 1. The van der Waals surface area contributed by atoms with Gasteiger partial charge >= 0.3 is 0 Å². The molecular weight excluding hydrogens is 264 g/mol. The van der Waals surface area contributed by atoms with Gasteiger partial charge in [-0.05, 0) is 18.1 Å². The Morgan fingerprint density at radius 1 is 1.32 bits per heavy atom. The molecule has 0 N–H and O–H groups in total. The summed E-state index contributed by atoms with van der Waals surface area (Å²) in [4.78, 5) is 12.2. The highest BCUT2D eigenvalue weighted by atomic mass is 35.5. The molecule has 1 rings (SSSR count). The molecule has 1 unspecified atom stereocenters. The molecule has 0 aromatic heterocycles. The summed E-state index contributed by atoms with van der Waals surface area (Å²) in [5, 5.41) is 0.397. The monoisotopic (exact) mass is 284 g/mol. The number of hydrogen-bond acceptors (Lipinski definition) is 3. The lowest BCUT2D eigenvalue weighted by Crippen LogP contribution is -2.07. The van der Waals surface area contributed by atoms with Crippen molar-refractivity contribution in [1.29, 1.82) is 0 Å². The van der Waals surface area contributed by atoms with E-state index < -0.39 is 0 Å². The van der Waals surface area contributed by atoms with Gasteiger partial charge in [0.25, 0.3) is 0 Å². The molecule has 0 radical (unpaired) electrons. The maximum absolute atomic E-state index is 12.2. The Kier molecular flexibility index (Phi) is 6.16. The van der Waals surface area contributed by atoms with Crippen LogP contribution in [0.2, 0.25) is 5.02 Å². The molecule has 0 amide bonds. The van der Waals surface area contributed by atoms with Gasteiger partial charge in [-0.3, -0.25) is 4.79 Å². The standard InChI is InChI=1S/C15H21ClO3/c1-5-6-10(2)7-13(17)11-8-12(16)15(19-4)14(9-11)18-3/h8-10H,5-7H2,1-4H3. The average Bonchev–Trinajstić information content (AvgIpc) is 2.37. The van der Waals surface area contributed by atoms with Gasteiger partial charge in [0.1, 0.15) is 0 Å². The zero-order valence-electron chi connectivity index (χ0n) is 12.0. The molecule has 0 bridgehead atoms. The van der Waals surface area contributed by atoms with Crippen LogP contribution in [0.15, 0.2) is 12.1 Å². The normalized spacial score (nSPS) is 12.1. The lowest BCUT2D eigenvalue weighted by atomic mass is 9.96. The molecule has 0 heterocycles. The van der Waals surface area contributed by atoms with E-state index in [4.69, 9.17) is 21.1 Å². The second-order valence-corrected chi connectivity index (χ2v) is 5.12. The second kappa shape index (κ2) is 7.39. The molecule has 3 nitrogen and oxygen atoms in total. The Labute approximate surface area is 119 Å². The Hall–Kier alpha value is -1.22. The second-order valence-electron chi connectivity index (χ2n) is 4.71. The van der Waals surface area contributed by atoms with E-state index in [1.54, 1.807) is 12.1 Å². The van der Waals surface area contributed by atoms with Gasteiger partial charge in [0.15, 0.2) is 17.3 Å². The van der Waals surface area contributed by atoms with Crippen LogP contribution in [0.5, 0.6) is 11.5 Å². The minimum atomic E-state index is 0.0869. The van der Waals surface area contributed by atoms with Crippen molar-refractivity contribution in [2.24, 2.45) is 5.92 Å². The third-order valence-electron chi connectivity index (χ3n) is 3.07. The Balaban J connectivity index is 2.95. The van der Waals surface area contributed by atoms with Crippen LogP contribution in [0, 0.1) is 5.92 Å². The van der Waals surface area contributed by atoms with E-state index in [1.165, 1.54) is 14.2 Å². The fourth-order valence-corrected chi connectivity index (χ4v) is 2.40. The molecule has 1 atom stereocenters. The zero-order valence-corrected chi connectivity index (χ0v) is 12.7. The number of benzene rings is 1. The van der Waals surface area contributed by atoms with Crippen molar-refractivity contribution >= 4 is 17.4 Å². The van der Waals surface area contributed by atoms with Gasteiger partial charge in [0.05, 0.1) is 19.2 Å². The average molecular weight is 285 g/mol. The predicted molar refractivity (Wildman–Crippen MR) is 77.6 cm³/mol. The molecule has 0 aliphatic rings. The van der Waals surface area contributed by atoms with Gasteiger partial charge in [0, 0.05) is 12.0 Å². The van der Waals surface area contributed by atoms with Crippen molar-refractivity contribution in [3.63, 3.8) is 0 Å². The summed E-state index contributed by atoms with van der Waals surface area (Å²) in [6.07, 6.45) is 2.66. The van der Waals surface area contributed by atoms with Gasteiger partial charge in [0.2, 0.25) is 0 Å². The smallest absolute Gasteiger partial charge is 0.179 e. The summed E-state index contributed by atoms with van der Waals surface area (Å²) in [6, 6.07) is 3.33. The van der Waals surface area contributed by atoms with Crippen LogP contribution in [0.1, 0.15) is 43.5 Å². The van der Waals surface area contributed by atoms with E-state index in [9.17, 15) is 4.79 Å². The predicted octanol–water partition coefficient (Wildman–Crippen LogP) is 4.37. The van der Waals surface area contributed by atoms with Crippen molar-refractivity contribution in [1.82, 2.24) is 0 Å². The van der Waals surface area contributed by atoms with E-state index in [2.05, 4.69) is 13.8 Å². The zero-order chi connectivity index (χ0) is 14.4. The van der Waals surface area contributed by atoms with Crippen LogP contribution in [0.3, 0.4) is 0 Å². The van der Waals surface area contributed by atoms with Crippen LogP contribution < -0.4 is 9.47 Å². The molecule has 0 saturated heterocycles. The first-order valence-electron chi connectivity index (χ1n) is 6.48. The van der Waals surface area contributed by atoms with Crippen LogP contribution in [0.25, 0.3) is 0 Å². The summed E-state index contributed by atoms with van der Waals surface area (Å²) in [6.45, 7) is 4.21. The summed E-state index contributed by atoms with van der Waals surface area (Å²) < 4.78 is 10.4. The maximum atomic E-state index is 12.2. The first-order chi connectivity index (χ1) is 9.03. The lowest BCUT2D eigenvalue weighted by Gasteiger charge is -2.13. The number of ether oxygens (including phenoxy) is 2. The summed E-state index contributed by atoms with van der Waals surface area (Å²) in [5.41, 5.74) is 0.575. The Bertz CT molecular complexity index is 443. The van der Waals surface area contributed by atoms with E-state index in [-0.39, 0.29) is 5.78 Å². The first kappa shape index (κ1) is 15.8. The highest BCUT2D eigenvalue weighted by Crippen LogP contribution is 2.36. The molecule has 19 heavy (non-hydrogen) atoms. The summed E-state index contributed by atoms with van der Waals surface area (Å²) in [5.74, 6) is 1.41. The van der Waals surface area contributed by atoms with E-state index in [0.717, 1.165) is 12.8 Å². The van der Waals surface area contributed by atoms with Gasteiger partial charge in [-0.1, -0.05) is 38.3 Å². The van der Waals surface area contributed by atoms with E-state index >= 15 is 0 Å². The van der Waals surface area contributed by atoms with Crippen molar-refractivity contribution in [2.75, 3.05) is 14.2 Å². The third-order valence-corrected chi connectivity index (χ3v) is 3.35. The molecule has 4 heteroatoms. The highest BCUT2D eigenvalue weighted by molar-refractivity contribution is 6.32. The number of carbonyl (C=O) groups excluding carboxylic acids is 1. The minimum Gasteiger partial charge on any atom is -0.493 e. The van der Waals surface area contributed by atoms with Gasteiger partial charge in [-0.15, -0.1) is 0 Å². The van der Waals surface area contributed by atoms with Gasteiger partial charge < -0.3 is 9.47 Å². The number of hydrogen-bond donors (Lipinski definition) is 0. The van der Waals surface area contributed by atoms with Crippen LogP contribution >= 0.6 is 11.6 Å². The molecule has 0 fully saturated rings. The van der Waals surface area contributed by atoms with Crippen LogP contribution in [-0.4, -0.2) is 20.0 Å². The first-order valence-corrected chi connectivity index (χ1v) is 6.86. The quantitative estimate of drug-likeness (QED) is 0.698. The van der Waals surface area contributed by atoms with Crippen molar-refractivity contribution in [3.05, 3.63) is 22.7 Å². The summed E-state index contributed by atoms with van der Waals surface area (Å²) >= 11 is 6.10. The number of methoxy groups -OCH3 is 2. The van der Waals surface area contributed by atoms with Gasteiger partial charge in [-0.25, -0.2) is 0 Å². The minimum absolute atomic E-state index is 0.0869. The maximum Gasteiger partial charge on any atom is 0.179 e. The Morgan fingerprint density at radius 3 is 2.53 bits per heavy atom. The number of Topliss-reactive ketones (excluding diaryl/α,β-unsaturated/α-hetero) is 1. The molecule has 0 saturated carbocycles.